The molecule has 0 unspecified atom stereocenters. The Bertz CT molecular complexity index is 567. The van der Waals surface area contributed by atoms with E-state index in [0.717, 1.165) is 20.9 Å². The van der Waals surface area contributed by atoms with E-state index in [2.05, 4.69) is 44.6 Å². The van der Waals surface area contributed by atoms with E-state index < -0.39 is 0 Å². The maximum absolute atomic E-state index is 5.70. The molecule has 0 saturated heterocycles. The minimum atomic E-state index is 0.384. The van der Waals surface area contributed by atoms with Crippen LogP contribution in [0.5, 0.6) is 0 Å². The number of rotatable bonds is 4. The minimum Gasteiger partial charge on any atom is -0.298 e. The highest BCUT2D eigenvalue weighted by Gasteiger charge is 2.15. The number of nitrogens with one attached hydrogen (secondary N) is 1. The highest BCUT2D eigenvalue weighted by Crippen LogP contribution is 2.25. The number of benzene rings is 1. The molecule has 0 bridgehead atoms. The van der Waals surface area contributed by atoms with E-state index in [1.54, 1.807) is 0 Å². The second-order valence-corrected chi connectivity index (χ2v) is 5.81. The first-order valence-electron chi connectivity index (χ1n) is 6.75. The molecule has 1 aromatic carbocycles. The van der Waals surface area contributed by atoms with Gasteiger partial charge in [-0.25, -0.2) is 0 Å². The number of aromatic nitrogens is 1. The average Bonchev–Trinajstić information content (AvgIpc) is 2.95. The fraction of sp³-hybridized carbons (Fsp3) is 0.400. The zero-order valence-electron chi connectivity index (χ0n) is 10.7. The van der Waals surface area contributed by atoms with E-state index in [1.165, 1.54) is 25.7 Å². The molecule has 1 aliphatic rings. The lowest BCUT2D eigenvalue weighted by molar-refractivity contribution is -0.0242. The van der Waals surface area contributed by atoms with Gasteiger partial charge in [0.15, 0.2) is 0 Å². The smallest absolute Gasteiger partial charge is 0.0790 e. The Labute approximate surface area is 121 Å². The first-order valence-corrected chi connectivity index (χ1v) is 7.54. The van der Waals surface area contributed by atoms with Crippen molar-refractivity contribution in [2.24, 2.45) is 0 Å². The monoisotopic (exact) mass is 320 g/mol. The summed E-state index contributed by atoms with van der Waals surface area (Å²) in [5.41, 5.74) is 5.29. The molecular formula is C15H17BrN2O. The number of hydrogen-bond acceptors (Lipinski definition) is 3. The Morgan fingerprint density at radius 2 is 2.11 bits per heavy atom. The third-order valence-electron chi connectivity index (χ3n) is 3.61. The largest absolute Gasteiger partial charge is 0.298 e. The van der Waals surface area contributed by atoms with Crippen LogP contribution in [-0.2, 0) is 11.4 Å². The molecule has 1 fully saturated rings. The van der Waals surface area contributed by atoms with Gasteiger partial charge in [0.25, 0.3) is 0 Å². The number of hydrogen-bond donors (Lipinski definition) is 1. The van der Waals surface area contributed by atoms with Crippen LogP contribution < -0.4 is 5.48 Å². The molecule has 3 rings (SSSR count). The average molecular weight is 321 g/mol. The molecule has 4 heteroatoms. The summed E-state index contributed by atoms with van der Waals surface area (Å²) in [6.07, 6.45) is 7.13. The number of halogens is 1. The van der Waals surface area contributed by atoms with E-state index in [1.807, 2.05) is 12.3 Å². The molecule has 0 spiro atoms. The van der Waals surface area contributed by atoms with Crippen LogP contribution in [0.4, 0.5) is 0 Å². The van der Waals surface area contributed by atoms with Crippen molar-refractivity contribution in [2.45, 2.75) is 38.3 Å². The Morgan fingerprint density at radius 3 is 2.95 bits per heavy atom. The van der Waals surface area contributed by atoms with Crippen molar-refractivity contribution in [3.8, 4) is 0 Å². The Kier molecular flexibility index (Phi) is 4.11. The molecule has 0 radical (unpaired) electrons. The fourth-order valence-electron chi connectivity index (χ4n) is 2.58. The third-order valence-corrected chi connectivity index (χ3v) is 4.31. The van der Waals surface area contributed by atoms with Crippen molar-refractivity contribution in [3.05, 3.63) is 40.5 Å². The van der Waals surface area contributed by atoms with E-state index in [4.69, 9.17) is 4.84 Å². The van der Waals surface area contributed by atoms with Gasteiger partial charge in [-0.2, -0.15) is 5.48 Å². The minimum absolute atomic E-state index is 0.384. The molecule has 2 aromatic rings. The lowest BCUT2D eigenvalue weighted by Gasteiger charge is -2.13. The van der Waals surface area contributed by atoms with Gasteiger partial charge < -0.3 is 0 Å². The normalized spacial score (nSPS) is 16.3. The maximum Gasteiger partial charge on any atom is 0.0790 e. The summed E-state index contributed by atoms with van der Waals surface area (Å²) in [6.45, 7) is 0.692. The van der Waals surface area contributed by atoms with Crippen molar-refractivity contribution in [1.82, 2.24) is 10.5 Å². The van der Waals surface area contributed by atoms with Gasteiger partial charge >= 0.3 is 0 Å². The Balaban J connectivity index is 1.72. The number of pyridine rings is 1. The molecule has 1 heterocycles. The van der Waals surface area contributed by atoms with E-state index >= 15 is 0 Å². The van der Waals surface area contributed by atoms with Crippen molar-refractivity contribution in [2.75, 3.05) is 0 Å². The van der Waals surface area contributed by atoms with Gasteiger partial charge in [0.1, 0.15) is 0 Å². The summed E-state index contributed by atoms with van der Waals surface area (Å²) in [7, 11) is 0. The van der Waals surface area contributed by atoms with Crippen molar-refractivity contribution in [1.29, 1.82) is 0 Å². The third kappa shape index (κ3) is 2.96. The molecule has 0 amide bonds. The molecule has 1 aliphatic carbocycles. The van der Waals surface area contributed by atoms with Gasteiger partial charge in [0.05, 0.1) is 11.6 Å². The summed E-state index contributed by atoms with van der Waals surface area (Å²) in [6, 6.07) is 8.19. The van der Waals surface area contributed by atoms with Crippen molar-refractivity contribution in [3.63, 3.8) is 0 Å². The quantitative estimate of drug-likeness (QED) is 0.866. The summed E-state index contributed by atoms with van der Waals surface area (Å²) < 4.78 is 1.08. The standard InChI is InChI=1S/C15H17BrN2O/c16-14-8-7-11(15-13(14)6-3-9-17-15)10-18-19-12-4-1-2-5-12/h3,6-9,12,18H,1-2,4-5,10H2. The zero-order chi connectivity index (χ0) is 13.1. The zero-order valence-corrected chi connectivity index (χ0v) is 12.3. The molecule has 0 atom stereocenters. The molecule has 1 saturated carbocycles. The first-order chi connectivity index (χ1) is 9.34. The summed E-state index contributed by atoms with van der Waals surface area (Å²) in [4.78, 5) is 10.2. The number of hydroxylamine groups is 1. The van der Waals surface area contributed by atoms with Crippen LogP contribution in [0, 0.1) is 0 Å². The van der Waals surface area contributed by atoms with Crippen LogP contribution in [0.2, 0.25) is 0 Å². The predicted molar refractivity (Wildman–Crippen MR) is 79.6 cm³/mol. The van der Waals surface area contributed by atoms with Crippen molar-refractivity contribution >= 4 is 26.8 Å². The molecule has 19 heavy (non-hydrogen) atoms. The summed E-state index contributed by atoms with van der Waals surface area (Å²) >= 11 is 3.56. The fourth-order valence-corrected chi connectivity index (χ4v) is 3.03. The maximum atomic E-state index is 5.70. The Hall–Kier alpha value is -0.970. The number of nitrogens with zero attached hydrogens (tertiary/aromatic N) is 1. The molecule has 100 valence electrons. The van der Waals surface area contributed by atoms with E-state index in [9.17, 15) is 0 Å². The predicted octanol–water partition coefficient (Wildman–Crippen LogP) is 3.96. The van der Waals surface area contributed by atoms with Gasteiger partial charge in [-0.05, 0) is 30.5 Å². The number of fused-ring (bicyclic) bond motifs is 1. The first kappa shape index (κ1) is 13.0. The molecule has 1 N–H and O–H groups in total. The van der Waals surface area contributed by atoms with E-state index in [0.29, 0.717) is 12.6 Å². The van der Waals surface area contributed by atoms with Crippen LogP contribution >= 0.6 is 15.9 Å². The second-order valence-electron chi connectivity index (χ2n) is 4.95. The topological polar surface area (TPSA) is 34.1 Å². The van der Waals surface area contributed by atoms with Crippen molar-refractivity contribution < 1.29 is 4.84 Å². The lowest BCUT2D eigenvalue weighted by atomic mass is 10.1. The van der Waals surface area contributed by atoms with E-state index in [-0.39, 0.29) is 0 Å². The van der Waals surface area contributed by atoms with Crippen LogP contribution in [0.3, 0.4) is 0 Å². The van der Waals surface area contributed by atoms with Crippen LogP contribution in [-0.4, -0.2) is 11.1 Å². The van der Waals surface area contributed by atoms with Crippen LogP contribution in [0.15, 0.2) is 34.9 Å². The second kappa shape index (κ2) is 5.99. The Morgan fingerprint density at radius 1 is 1.26 bits per heavy atom. The highest BCUT2D eigenvalue weighted by molar-refractivity contribution is 9.10. The summed E-state index contributed by atoms with van der Waals surface area (Å²) in [5.74, 6) is 0. The van der Waals surface area contributed by atoms with Gasteiger partial charge in [0, 0.05) is 22.6 Å². The molecular weight excluding hydrogens is 304 g/mol. The molecule has 0 aliphatic heterocycles. The lowest BCUT2D eigenvalue weighted by Crippen LogP contribution is -2.21. The SMILES string of the molecule is Brc1ccc(CNOC2CCCC2)c2ncccc12. The molecule has 1 aromatic heterocycles. The van der Waals surface area contributed by atoms with Gasteiger partial charge in [-0.15, -0.1) is 0 Å². The molecule has 3 nitrogen and oxygen atoms in total. The van der Waals surface area contributed by atoms with Gasteiger partial charge in [-0.1, -0.05) is 40.9 Å². The van der Waals surface area contributed by atoms with Crippen LogP contribution in [0.1, 0.15) is 31.2 Å². The summed E-state index contributed by atoms with van der Waals surface area (Å²) in [5, 5.41) is 1.14. The van der Waals surface area contributed by atoms with Gasteiger partial charge in [-0.3, -0.25) is 9.82 Å². The van der Waals surface area contributed by atoms with Gasteiger partial charge in [0.2, 0.25) is 0 Å². The van der Waals surface area contributed by atoms with Crippen LogP contribution in [0.25, 0.3) is 10.9 Å². The highest BCUT2D eigenvalue weighted by atomic mass is 79.9.